The second kappa shape index (κ2) is 9.80. The van der Waals surface area contributed by atoms with Gasteiger partial charge in [-0.2, -0.15) is 5.10 Å². The first-order chi connectivity index (χ1) is 15.1. The Balaban J connectivity index is 1.55. The van der Waals surface area contributed by atoms with Crippen molar-refractivity contribution in [2.45, 2.75) is 23.4 Å². The van der Waals surface area contributed by atoms with Gasteiger partial charge >= 0.3 is 0 Å². The third kappa shape index (κ3) is 5.74. The number of benzene rings is 1. The first-order valence-electron chi connectivity index (χ1n) is 10.3. The van der Waals surface area contributed by atoms with Crippen LogP contribution in [0.3, 0.4) is 0 Å². The van der Waals surface area contributed by atoms with Gasteiger partial charge in [0, 0.05) is 55.3 Å². The van der Waals surface area contributed by atoms with Crippen LogP contribution in [0.2, 0.25) is 0 Å². The van der Waals surface area contributed by atoms with Gasteiger partial charge in [-0.15, -0.1) is 0 Å². The molecule has 0 aliphatic carbocycles. The zero-order chi connectivity index (χ0) is 21.6. The zero-order valence-corrected chi connectivity index (χ0v) is 18.4. The summed E-state index contributed by atoms with van der Waals surface area (Å²) >= 11 is 1.49. The molecule has 2 aromatic heterocycles. The smallest absolute Gasteiger partial charge is 0.224 e. The Kier molecular flexibility index (Phi) is 6.68. The zero-order valence-electron chi connectivity index (χ0n) is 17.6. The molecule has 10 heteroatoms. The fraction of sp³-hybridized carbons (Fsp3) is 0.333. The van der Waals surface area contributed by atoms with Gasteiger partial charge in [-0.3, -0.25) is 9.89 Å². The third-order valence-electron chi connectivity index (χ3n) is 4.95. The summed E-state index contributed by atoms with van der Waals surface area (Å²) in [5, 5.41) is 13.7. The average Bonchev–Trinajstić information content (AvgIpc) is 3.28. The van der Waals surface area contributed by atoms with E-state index in [9.17, 15) is 4.79 Å². The van der Waals surface area contributed by atoms with Crippen LogP contribution >= 0.6 is 11.8 Å². The summed E-state index contributed by atoms with van der Waals surface area (Å²) in [5.41, 5.74) is 0.782. The second-order valence-corrected chi connectivity index (χ2v) is 8.35. The minimum absolute atomic E-state index is 0.00173. The molecule has 0 radical (unpaired) electrons. The molecule has 1 aliphatic heterocycles. The molecule has 3 aromatic rings. The molecule has 0 saturated carbocycles. The SMILES string of the molecule is CCC(=O)Nc1ccc(Sc2nc(Nc3ccn[nH]3)cc(N3CCN(C)CC3)n2)cc1. The number of piperazine rings is 1. The van der Waals surface area contributed by atoms with Gasteiger partial charge in [0.1, 0.15) is 17.5 Å². The molecule has 1 amide bonds. The van der Waals surface area contributed by atoms with Crippen LogP contribution in [0.4, 0.5) is 23.1 Å². The highest BCUT2D eigenvalue weighted by molar-refractivity contribution is 7.99. The predicted octanol–water partition coefficient (Wildman–Crippen LogP) is 3.19. The number of H-pyrrole nitrogens is 1. The van der Waals surface area contributed by atoms with Crippen LogP contribution in [0, 0.1) is 0 Å². The van der Waals surface area contributed by atoms with E-state index in [0.29, 0.717) is 17.4 Å². The summed E-state index contributed by atoms with van der Waals surface area (Å²) in [6, 6.07) is 11.5. The molecule has 4 rings (SSSR count). The fourth-order valence-electron chi connectivity index (χ4n) is 3.14. The number of hydrogen-bond acceptors (Lipinski definition) is 8. The fourth-order valence-corrected chi connectivity index (χ4v) is 3.91. The highest BCUT2D eigenvalue weighted by Crippen LogP contribution is 2.30. The van der Waals surface area contributed by atoms with Crippen LogP contribution in [0.25, 0.3) is 0 Å². The molecule has 1 fully saturated rings. The number of rotatable bonds is 7. The lowest BCUT2D eigenvalue weighted by atomic mass is 10.3. The van der Waals surface area contributed by atoms with Crippen molar-refractivity contribution in [2.24, 2.45) is 0 Å². The van der Waals surface area contributed by atoms with Crippen molar-refractivity contribution in [3.63, 3.8) is 0 Å². The topological polar surface area (TPSA) is 102 Å². The van der Waals surface area contributed by atoms with E-state index in [2.05, 4.69) is 42.7 Å². The third-order valence-corrected chi connectivity index (χ3v) is 5.82. The maximum absolute atomic E-state index is 11.6. The summed E-state index contributed by atoms with van der Waals surface area (Å²) < 4.78 is 0. The lowest BCUT2D eigenvalue weighted by molar-refractivity contribution is -0.115. The Hall–Kier alpha value is -3.11. The van der Waals surface area contributed by atoms with E-state index in [1.54, 1.807) is 6.20 Å². The van der Waals surface area contributed by atoms with Crippen LogP contribution in [-0.2, 0) is 4.79 Å². The molecule has 0 atom stereocenters. The second-order valence-electron chi connectivity index (χ2n) is 7.31. The normalized spacial score (nSPS) is 14.5. The largest absolute Gasteiger partial charge is 0.354 e. The number of aromatic amines is 1. The van der Waals surface area contributed by atoms with Crippen molar-refractivity contribution >= 4 is 40.8 Å². The van der Waals surface area contributed by atoms with Crippen LogP contribution in [0.5, 0.6) is 0 Å². The van der Waals surface area contributed by atoms with E-state index in [1.165, 1.54) is 11.8 Å². The molecule has 162 valence electrons. The summed E-state index contributed by atoms with van der Waals surface area (Å²) in [5.74, 6) is 2.38. The van der Waals surface area contributed by atoms with E-state index in [1.807, 2.05) is 43.3 Å². The number of nitrogens with one attached hydrogen (secondary N) is 3. The van der Waals surface area contributed by atoms with Gasteiger partial charge in [0.25, 0.3) is 0 Å². The molecule has 0 bridgehead atoms. The maximum Gasteiger partial charge on any atom is 0.224 e. The molecule has 31 heavy (non-hydrogen) atoms. The molecule has 0 spiro atoms. The highest BCUT2D eigenvalue weighted by atomic mass is 32.2. The first-order valence-corrected chi connectivity index (χ1v) is 11.1. The Morgan fingerprint density at radius 3 is 2.58 bits per heavy atom. The Bertz CT molecular complexity index is 1000. The van der Waals surface area contributed by atoms with Gasteiger partial charge < -0.3 is 20.4 Å². The number of carbonyl (C=O) groups excluding carboxylic acids is 1. The van der Waals surface area contributed by atoms with Crippen molar-refractivity contribution < 1.29 is 4.79 Å². The van der Waals surface area contributed by atoms with Crippen molar-refractivity contribution in [1.82, 2.24) is 25.1 Å². The lowest BCUT2D eigenvalue weighted by Gasteiger charge is -2.33. The standard InChI is InChI=1S/C21H26N8OS/c1-3-20(30)23-15-4-6-16(7-5-15)31-21-25-18(24-17-8-9-22-27-17)14-19(26-21)29-12-10-28(2)11-13-29/h4-9,14H,3,10-13H2,1-2H3,(H,23,30)(H2,22,24,25,26,27). The number of carbonyl (C=O) groups is 1. The minimum Gasteiger partial charge on any atom is -0.354 e. The van der Waals surface area contributed by atoms with Crippen molar-refractivity contribution in [3.8, 4) is 0 Å². The van der Waals surface area contributed by atoms with Crippen molar-refractivity contribution in [3.05, 3.63) is 42.6 Å². The molecule has 1 aromatic carbocycles. The Labute approximate surface area is 185 Å². The molecule has 1 saturated heterocycles. The summed E-state index contributed by atoms with van der Waals surface area (Å²) in [6.07, 6.45) is 2.15. The molecule has 1 aliphatic rings. The van der Waals surface area contributed by atoms with Crippen LogP contribution in [-0.4, -0.2) is 64.2 Å². The first kappa shape index (κ1) is 21.1. The molecule has 3 heterocycles. The average molecular weight is 439 g/mol. The van der Waals surface area contributed by atoms with E-state index >= 15 is 0 Å². The number of likely N-dealkylation sites (N-methyl/N-ethyl adjacent to an activating group) is 1. The monoisotopic (exact) mass is 438 g/mol. The van der Waals surface area contributed by atoms with Gasteiger partial charge in [-0.25, -0.2) is 9.97 Å². The molecule has 9 nitrogen and oxygen atoms in total. The van der Waals surface area contributed by atoms with Gasteiger partial charge in [0.2, 0.25) is 5.91 Å². The Morgan fingerprint density at radius 1 is 1.13 bits per heavy atom. The maximum atomic E-state index is 11.6. The lowest BCUT2D eigenvalue weighted by Crippen LogP contribution is -2.44. The van der Waals surface area contributed by atoms with E-state index in [4.69, 9.17) is 4.98 Å². The van der Waals surface area contributed by atoms with Gasteiger partial charge in [0.05, 0.1) is 6.20 Å². The van der Waals surface area contributed by atoms with Crippen LogP contribution in [0.15, 0.2) is 52.6 Å². The number of aromatic nitrogens is 4. The summed E-state index contributed by atoms with van der Waals surface area (Å²) in [7, 11) is 2.14. The molecule has 3 N–H and O–H groups in total. The number of nitrogens with zero attached hydrogens (tertiary/aromatic N) is 5. The summed E-state index contributed by atoms with van der Waals surface area (Å²) in [6.45, 7) is 5.68. The highest BCUT2D eigenvalue weighted by Gasteiger charge is 2.18. The quantitative estimate of drug-likeness (QED) is 0.484. The van der Waals surface area contributed by atoms with E-state index in [0.717, 1.165) is 48.4 Å². The van der Waals surface area contributed by atoms with Crippen molar-refractivity contribution in [2.75, 3.05) is 48.8 Å². The van der Waals surface area contributed by atoms with E-state index in [-0.39, 0.29) is 5.91 Å². The van der Waals surface area contributed by atoms with Crippen molar-refractivity contribution in [1.29, 1.82) is 0 Å². The molecular weight excluding hydrogens is 412 g/mol. The predicted molar refractivity (Wildman–Crippen MR) is 123 cm³/mol. The van der Waals surface area contributed by atoms with Gasteiger partial charge in [-0.05, 0) is 43.1 Å². The number of amides is 1. The van der Waals surface area contributed by atoms with Gasteiger partial charge in [-0.1, -0.05) is 6.92 Å². The molecular formula is C21H26N8OS. The van der Waals surface area contributed by atoms with E-state index < -0.39 is 0 Å². The number of anilines is 4. The Morgan fingerprint density at radius 2 is 1.90 bits per heavy atom. The van der Waals surface area contributed by atoms with Crippen LogP contribution in [0.1, 0.15) is 13.3 Å². The number of hydrogen-bond donors (Lipinski definition) is 3. The minimum atomic E-state index is -0.00173. The molecule has 0 unspecified atom stereocenters. The summed E-state index contributed by atoms with van der Waals surface area (Å²) in [4.78, 5) is 26.7. The van der Waals surface area contributed by atoms with Gasteiger partial charge in [0.15, 0.2) is 5.16 Å². The van der Waals surface area contributed by atoms with Crippen LogP contribution < -0.4 is 15.5 Å².